The first kappa shape index (κ1) is 19.7. The second-order valence-corrected chi connectivity index (χ2v) is 11.3. The molecule has 0 saturated carbocycles. The number of sulfone groups is 1. The van der Waals surface area contributed by atoms with Crippen LogP contribution in [0.5, 0.6) is 0 Å². The average Bonchev–Trinajstić information content (AvgIpc) is 2.96. The van der Waals surface area contributed by atoms with E-state index in [1.807, 2.05) is 13.8 Å². The minimum absolute atomic E-state index is 0.0579. The topological polar surface area (TPSA) is 93.2 Å². The fraction of sp³-hybridized carbons (Fsp3) is 0.421. The van der Waals surface area contributed by atoms with Crippen molar-refractivity contribution >= 4 is 38.0 Å². The van der Waals surface area contributed by atoms with Crippen LogP contribution in [-0.2, 0) is 16.3 Å². The summed E-state index contributed by atoms with van der Waals surface area (Å²) in [5, 5.41) is 2.57. The second-order valence-electron chi connectivity index (χ2n) is 7.81. The van der Waals surface area contributed by atoms with Gasteiger partial charge in [0, 0.05) is 12.0 Å². The van der Waals surface area contributed by atoms with Gasteiger partial charge in [0.25, 0.3) is 5.91 Å². The van der Waals surface area contributed by atoms with E-state index in [2.05, 4.69) is 10.3 Å². The minimum atomic E-state index is -3.38. The molecule has 1 N–H and O–H groups in total. The van der Waals surface area contributed by atoms with Crippen molar-refractivity contribution in [2.75, 3.05) is 5.32 Å². The molecule has 1 aliphatic carbocycles. The van der Waals surface area contributed by atoms with Crippen LogP contribution in [0, 0.1) is 5.41 Å². The maximum absolute atomic E-state index is 12.5. The fourth-order valence-electron chi connectivity index (χ4n) is 3.01. The molecule has 1 heterocycles. The number of thiazole rings is 1. The molecule has 0 unspecified atom stereocenters. The molecule has 1 aliphatic rings. The van der Waals surface area contributed by atoms with Gasteiger partial charge in [0.1, 0.15) is 0 Å². The van der Waals surface area contributed by atoms with Crippen molar-refractivity contribution < 1.29 is 18.0 Å². The highest BCUT2D eigenvalue weighted by molar-refractivity contribution is 7.92. The lowest BCUT2D eigenvalue weighted by molar-refractivity contribution is 0.0915. The Bertz CT molecular complexity index is 1000. The number of benzene rings is 1. The van der Waals surface area contributed by atoms with E-state index in [4.69, 9.17) is 0 Å². The van der Waals surface area contributed by atoms with E-state index in [0.29, 0.717) is 28.4 Å². The molecule has 1 aromatic carbocycles. The normalized spacial score (nSPS) is 16.3. The molecule has 2 aromatic rings. The van der Waals surface area contributed by atoms with Crippen LogP contribution in [0.2, 0.25) is 0 Å². The highest BCUT2D eigenvalue weighted by atomic mass is 32.2. The second kappa shape index (κ2) is 6.83. The molecule has 3 rings (SSSR count). The number of carbonyl (C=O) groups is 2. The number of nitrogens with one attached hydrogen (secondary N) is 1. The monoisotopic (exact) mass is 406 g/mol. The first-order chi connectivity index (χ1) is 12.5. The number of fused-ring (bicyclic) bond motifs is 1. The molecule has 0 aliphatic heterocycles. The maximum atomic E-state index is 12.5. The molecule has 0 spiro atoms. The largest absolute Gasteiger partial charge is 0.298 e. The zero-order valence-electron chi connectivity index (χ0n) is 15.7. The van der Waals surface area contributed by atoms with Crippen molar-refractivity contribution in [3.05, 3.63) is 40.4 Å². The quantitative estimate of drug-likeness (QED) is 0.835. The fourth-order valence-corrected chi connectivity index (χ4v) is 4.99. The smallest absolute Gasteiger partial charge is 0.257 e. The lowest BCUT2D eigenvalue weighted by atomic mass is 9.78. The summed E-state index contributed by atoms with van der Waals surface area (Å²) in [5.74, 6) is -0.330. The van der Waals surface area contributed by atoms with Gasteiger partial charge < -0.3 is 0 Å². The number of nitrogens with zero attached hydrogens (tertiary/aromatic N) is 1. The van der Waals surface area contributed by atoms with E-state index >= 15 is 0 Å². The Hall–Kier alpha value is -2.06. The Morgan fingerprint density at radius 1 is 1.19 bits per heavy atom. The number of ketones is 1. The third kappa shape index (κ3) is 3.96. The number of amides is 1. The predicted octanol–water partition coefficient (Wildman–Crippen LogP) is 3.73. The zero-order valence-corrected chi connectivity index (χ0v) is 17.3. The highest BCUT2D eigenvalue weighted by Gasteiger charge is 2.34. The van der Waals surface area contributed by atoms with Crippen molar-refractivity contribution in [2.45, 2.75) is 50.7 Å². The Morgan fingerprint density at radius 2 is 1.81 bits per heavy atom. The summed E-state index contributed by atoms with van der Waals surface area (Å²) < 4.78 is 24.3. The number of hydrogen-bond acceptors (Lipinski definition) is 6. The summed E-state index contributed by atoms with van der Waals surface area (Å²) in [6, 6.07) is 5.82. The number of carbonyl (C=O) groups excluding carboxylic acids is 2. The van der Waals surface area contributed by atoms with Crippen LogP contribution in [0.4, 0.5) is 5.13 Å². The van der Waals surface area contributed by atoms with E-state index in [1.54, 1.807) is 13.8 Å². The summed E-state index contributed by atoms with van der Waals surface area (Å²) in [6.07, 6.45) is 1.17. The molecule has 0 bridgehead atoms. The van der Waals surface area contributed by atoms with Gasteiger partial charge in [0.2, 0.25) is 0 Å². The maximum Gasteiger partial charge on any atom is 0.257 e. The van der Waals surface area contributed by atoms with Gasteiger partial charge in [-0.3, -0.25) is 14.9 Å². The third-order valence-corrected chi connectivity index (χ3v) is 7.75. The predicted molar refractivity (Wildman–Crippen MR) is 105 cm³/mol. The average molecular weight is 407 g/mol. The zero-order chi connectivity index (χ0) is 20.0. The number of hydrogen-bond donors (Lipinski definition) is 1. The van der Waals surface area contributed by atoms with Crippen molar-refractivity contribution in [3.8, 4) is 0 Å². The molecule has 0 fully saturated rings. The van der Waals surface area contributed by atoms with Gasteiger partial charge in [-0.1, -0.05) is 25.2 Å². The van der Waals surface area contributed by atoms with Crippen molar-refractivity contribution in [1.82, 2.24) is 4.98 Å². The van der Waals surface area contributed by atoms with E-state index < -0.39 is 15.1 Å². The summed E-state index contributed by atoms with van der Waals surface area (Å²) in [5.41, 5.74) is 0.935. The van der Waals surface area contributed by atoms with Crippen LogP contribution in [0.25, 0.3) is 0 Å². The molecule has 0 saturated heterocycles. The molecule has 0 atom stereocenters. The molecule has 27 heavy (non-hydrogen) atoms. The van der Waals surface area contributed by atoms with Crippen LogP contribution in [-0.4, -0.2) is 30.3 Å². The SMILES string of the molecule is CC(C)S(=O)(=O)c1ccc(C(=O)Nc2nc3c(s2)C(=O)CC(C)(C)C3)cc1. The molecular weight excluding hydrogens is 384 g/mol. The van der Waals surface area contributed by atoms with Gasteiger partial charge in [-0.15, -0.1) is 0 Å². The van der Waals surface area contributed by atoms with Crippen LogP contribution in [0.1, 0.15) is 59.8 Å². The Labute approximate surface area is 162 Å². The molecule has 8 heteroatoms. The number of anilines is 1. The summed E-state index contributed by atoms with van der Waals surface area (Å²) in [4.78, 5) is 29.9. The van der Waals surface area contributed by atoms with Gasteiger partial charge in [0.15, 0.2) is 20.8 Å². The van der Waals surface area contributed by atoms with Crippen LogP contribution < -0.4 is 5.32 Å². The van der Waals surface area contributed by atoms with Gasteiger partial charge in [-0.05, 0) is 49.9 Å². The van der Waals surface area contributed by atoms with E-state index in [9.17, 15) is 18.0 Å². The molecule has 144 valence electrons. The first-order valence-corrected chi connectivity index (χ1v) is 11.0. The van der Waals surface area contributed by atoms with Crippen molar-refractivity contribution in [3.63, 3.8) is 0 Å². The van der Waals surface area contributed by atoms with E-state index in [0.717, 1.165) is 5.69 Å². The van der Waals surface area contributed by atoms with Gasteiger partial charge in [-0.2, -0.15) is 0 Å². The molecule has 0 radical (unpaired) electrons. The third-order valence-electron chi connectivity index (χ3n) is 4.52. The van der Waals surface area contributed by atoms with E-state index in [1.165, 1.54) is 35.6 Å². The lowest BCUT2D eigenvalue weighted by Gasteiger charge is -2.26. The van der Waals surface area contributed by atoms with Crippen LogP contribution in [0.15, 0.2) is 29.2 Å². The van der Waals surface area contributed by atoms with E-state index in [-0.39, 0.29) is 22.0 Å². The number of Topliss-reactive ketones (excluding diaryl/α,β-unsaturated/α-hetero) is 1. The Morgan fingerprint density at radius 3 is 2.41 bits per heavy atom. The summed E-state index contributed by atoms with van der Waals surface area (Å²) in [7, 11) is -3.38. The van der Waals surface area contributed by atoms with Gasteiger partial charge >= 0.3 is 0 Å². The van der Waals surface area contributed by atoms with Crippen LogP contribution in [0.3, 0.4) is 0 Å². The standard InChI is InChI=1S/C19H22N2O4S2/c1-11(2)27(24,25)13-7-5-12(6-8-13)17(23)21-18-20-14-9-19(3,4)10-15(22)16(14)26-18/h5-8,11H,9-10H2,1-4H3,(H,20,21,23). The Kier molecular flexibility index (Phi) is 4.98. The molecule has 6 nitrogen and oxygen atoms in total. The Balaban J connectivity index is 1.78. The summed E-state index contributed by atoms with van der Waals surface area (Å²) in [6.45, 7) is 7.28. The van der Waals surface area contributed by atoms with Gasteiger partial charge in [0.05, 0.1) is 20.7 Å². The number of aromatic nitrogens is 1. The highest BCUT2D eigenvalue weighted by Crippen LogP contribution is 2.38. The lowest BCUT2D eigenvalue weighted by Crippen LogP contribution is -2.26. The van der Waals surface area contributed by atoms with Crippen molar-refractivity contribution in [1.29, 1.82) is 0 Å². The first-order valence-electron chi connectivity index (χ1n) is 8.68. The van der Waals surface area contributed by atoms with Gasteiger partial charge in [-0.25, -0.2) is 13.4 Å². The summed E-state index contributed by atoms with van der Waals surface area (Å²) >= 11 is 1.19. The molecular formula is C19H22N2O4S2. The van der Waals surface area contributed by atoms with Crippen LogP contribution >= 0.6 is 11.3 Å². The minimum Gasteiger partial charge on any atom is -0.298 e. The van der Waals surface area contributed by atoms with Crippen molar-refractivity contribution in [2.24, 2.45) is 5.41 Å². The number of rotatable bonds is 4. The molecule has 1 aromatic heterocycles. The molecule has 1 amide bonds.